The maximum atomic E-state index is 13.9. The summed E-state index contributed by atoms with van der Waals surface area (Å²) in [5.41, 5.74) is 18.0. The van der Waals surface area contributed by atoms with Crippen molar-refractivity contribution in [3.8, 4) is 22.3 Å². The molecule has 83 heavy (non-hydrogen) atoms. The van der Waals surface area contributed by atoms with E-state index in [9.17, 15) is 33.9 Å². The van der Waals surface area contributed by atoms with E-state index in [1.54, 1.807) is 41.5 Å². The summed E-state index contributed by atoms with van der Waals surface area (Å²) in [6.07, 6.45) is 13.2. The molecule has 0 spiro atoms. The van der Waals surface area contributed by atoms with Crippen LogP contribution in [0.1, 0.15) is 128 Å². The van der Waals surface area contributed by atoms with Crippen LogP contribution in [0.15, 0.2) is 120 Å². The third-order valence-corrected chi connectivity index (χ3v) is 14.1. The van der Waals surface area contributed by atoms with Gasteiger partial charge in [0.15, 0.2) is 5.78 Å². The van der Waals surface area contributed by atoms with Crippen LogP contribution in [0.3, 0.4) is 0 Å². The molecular weight excluding hydrogens is 1090 g/mol. The monoisotopic (exact) mass is 1180 g/mol. The SMILES string of the molecule is CC(C)CC(C(=O)O)n1ccc(CCN(C)C)cc1=O.COC(=O)C[C@H](CC(=O)C(CC(C)C)n1ccc(CCN(C)C)cc1=O)c1cncc(-c2c(C)cccc2C)c1.COC(=O)C[C@H](N)c1cncc(-c2c(C)cccc2C)c1.S.S. The fourth-order valence-corrected chi connectivity index (χ4v) is 9.73. The number of nitrogens with zero attached hydrogens (tertiary/aromatic N) is 6. The van der Waals surface area contributed by atoms with Gasteiger partial charge in [0, 0.05) is 91.9 Å². The molecule has 6 aromatic rings. The average Bonchev–Trinajstić information content (AvgIpc) is 3.49. The number of ketones is 1. The Balaban J connectivity index is 0.000000462. The lowest BCUT2D eigenvalue weighted by Gasteiger charge is -2.24. The minimum absolute atomic E-state index is 0. The van der Waals surface area contributed by atoms with Crippen molar-refractivity contribution in [1.82, 2.24) is 28.9 Å². The van der Waals surface area contributed by atoms with Gasteiger partial charge >= 0.3 is 17.9 Å². The number of methoxy groups -OCH3 is 2. The number of Topliss-reactive ketones (excluding diaryl/α,β-unsaturated/α-hetero) is 1. The predicted octanol–water partition coefficient (Wildman–Crippen LogP) is 10.3. The molecular formula is C65H91N7O9S2. The maximum absolute atomic E-state index is 13.9. The van der Waals surface area contributed by atoms with Gasteiger partial charge in [-0.05, 0) is 173 Å². The number of benzene rings is 2. The zero-order valence-electron chi connectivity index (χ0n) is 51.2. The summed E-state index contributed by atoms with van der Waals surface area (Å²) in [5.74, 6) is -1.76. The Labute approximate surface area is 505 Å². The van der Waals surface area contributed by atoms with Crippen molar-refractivity contribution >= 4 is 50.7 Å². The van der Waals surface area contributed by atoms with E-state index >= 15 is 0 Å². The number of rotatable bonds is 24. The Morgan fingerprint density at radius 1 is 0.578 bits per heavy atom. The highest BCUT2D eigenvalue weighted by molar-refractivity contribution is 7.59. The Morgan fingerprint density at radius 2 is 0.976 bits per heavy atom. The first-order chi connectivity index (χ1) is 38.3. The molecule has 452 valence electrons. The van der Waals surface area contributed by atoms with E-state index in [-0.39, 0.29) is 81.0 Å². The number of carboxylic acid groups (broad SMARTS) is 1. The Kier molecular flexibility index (Phi) is 30.9. The van der Waals surface area contributed by atoms with Crippen LogP contribution in [0, 0.1) is 39.5 Å². The number of aliphatic carboxylic acids is 1. The number of aryl methyl sites for hydroxylation is 4. The van der Waals surface area contributed by atoms with Crippen LogP contribution in [0.2, 0.25) is 0 Å². The van der Waals surface area contributed by atoms with Crippen LogP contribution < -0.4 is 16.9 Å². The van der Waals surface area contributed by atoms with E-state index in [0.29, 0.717) is 12.8 Å². The third kappa shape index (κ3) is 22.8. The fraction of sp³-hybridized carbons (Fsp3) is 0.446. The number of carbonyl (C=O) groups excluding carboxylic acids is 3. The van der Waals surface area contributed by atoms with Gasteiger partial charge in [0.2, 0.25) is 0 Å². The molecule has 0 amide bonds. The molecule has 0 radical (unpaired) electrons. The first-order valence-corrected chi connectivity index (χ1v) is 27.7. The molecule has 0 aliphatic rings. The molecule has 18 heteroatoms. The Bertz CT molecular complexity index is 3130. The standard InChI is InChI=1S/C33H43N3O4.C17H20N2O2.C15H24N2O3.2H2S/c1-22(2)15-29(36-14-12-25(16-31(36)38)11-13-35(5)6)30(37)18-26(19-32(39)40-7)27-17-28(21-34-20-27)33-23(3)9-8-10-24(33)4;1-11-5-4-6-12(2)17(11)14-7-13(9-19-10-14)15(18)8-16(20)21-3;1-11(2)9-13(15(19)20)17-8-6-12(10-14(17)18)5-7-16(3)4;;/h8-10,12,14,16-17,20-22,26,29H,11,13,15,18-19H2,1-7H3;4-7,9-10,15H,8,18H2,1-3H3;6,8,10-11,13H,5,7,9H2,1-4H3,(H,19,20);2*1H2/t26-,29?;15-;;;/m00.../s1. The van der Waals surface area contributed by atoms with Crippen molar-refractivity contribution in [2.75, 3.05) is 55.5 Å². The van der Waals surface area contributed by atoms with Gasteiger partial charge < -0.3 is 39.2 Å². The van der Waals surface area contributed by atoms with Gasteiger partial charge in [0.05, 0.1) is 33.1 Å². The molecule has 0 saturated heterocycles. The predicted molar refractivity (Wildman–Crippen MR) is 342 cm³/mol. The highest BCUT2D eigenvalue weighted by Crippen LogP contribution is 2.34. The number of ether oxygens (including phenoxy) is 2. The number of carboxylic acids is 1. The average molecular weight is 1180 g/mol. The number of hydrogen-bond acceptors (Lipinski definition) is 13. The number of carbonyl (C=O) groups is 4. The van der Waals surface area contributed by atoms with Crippen LogP contribution in [-0.4, -0.2) is 113 Å². The second-order valence-electron chi connectivity index (χ2n) is 22.4. The van der Waals surface area contributed by atoms with E-state index in [1.807, 2.05) is 110 Å². The summed E-state index contributed by atoms with van der Waals surface area (Å²) >= 11 is 0. The molecule has 0 aliphatic heterocycles. The molecule has 2 aromatic carbocycles. The normalized spacial score (nSPS) is 12.4. The van der Waals surface area contributed by atoms with Crippen molar-refractivity contribution < 1.29 is 33.8 Å². The summed E-state index contributed by atoms with van der Waals surface area (Å²) in [7, 11) is 10.7. The van der Waals surface area contributed by atoms with Gasteiger partial charge in [-0.3, -0.25) is 33.9 Å². The third-order valence-electron chi connectivity index (χ3n) is 14.1. The number of aromatic nitrogens is 4. The number of hydrogen-bond donors (Lipinski definition) is 2. The molecule has 4 atom stereocenters. The number of likely N-dealkylation sites (N-methyl/N-ethyl adjacent to an activating group) is 2. The highest BCUT2D eigenvalue weighted by Gasteiger charge is 2.29. The number of nitrogens with two attached hydrogens (primary N) is 1. The van der Waals surface area contributed by atoms with E-state index in [2.05, 4.69) is 71.6 Å². The van der Waals surface area contributed by atoms with Gasteiger partial charge in [0.25, 0.3) is 11.1 Å². The van der Waals surface area contributed by atoms with Gasteiger partial charge in [-0.1, -0.05) is 64.1 Å². The zero-order chi connectivity index (χ0) is 60.1. The molecule has 4 aromatic heterocycles. The second kappa shape index (κ2) is 35.4. The maximum Gasteiger partial charge on any atom is 0.326 e. The lowest BCUT2D eigenvalue weighted by molar-refractivity contribution is -0.142. The molecule has 6 rings (SSSR count). The molecule has 0 aliphatic carbocycles. The van der Waals surface area contributed by atoms with Gasteiger partial charge in [-0.25, -0.2) is 4.79 Å². The van der Waals surface area contributed by atoms with Crippen LogP contribution in [0.4, 0.5) is 0 Å². The molecule has 3 N–H and O–H groups in total. The summed E-state index contributed by atoms with van der Waals surface area (Å²) in [4.78, 5) is 87.2. The van der Waals surface area contributed by atoms with Crippen molar-refractivity contribution in [2.45, 2.75) is 124 Å². The van der Waals surface area contributed by atoms with Gasteiger partial charge in [0.1, 0.15) is 6.04 Å². The summed E-state index contributed by atoms with van der Waals surface area (Å²) in [6.45, 7) is 17.9. The summed E-state index contributed by atoms with van der Waals surface area (Å²) < 4.78 is 12.5. The smallest absolute Gasteiger partial charge is 0.326 e. The molecule has 0 saturated carbocycles. The van der Waals surface area contributed by atoms with Crippen LogP contribution in [0.25, 0.3) is 22.3 Å². The molecule has 4 heterocycles. The van der Waals surface area contributed by atoms with Crippen molar-refractivity contribution in [1.29, 1.82) is 0 Å². The van der Waals surface area contributed by atoms with E-state index in [4.69, 9.17) is 10.5 Å². The van der Waals surface area contributed by atoms with Crippen molar-refractivity contribution in [3.63, 3.8) is 0 Å². The lowest BCUT2D eigenvalue weighted by Crippen LogP contribution is -2.31. The van der Waals surface area contributed by atoms with Crippen LogP contribution in [-0.2, 0) is 41.5 Å². The zero-order valence-corrected chi connectivity index (χ0v) is 53.2. The van der Waals surface area contributed by atoms with Gasteiger partial charge in [-0.15, -0.1) is 0 Å². The highest BCUT2D eigenvalue weighted by atomic mass is 32.1. The quantitative estimate of drug-likeness (QED) is 0.0541. The lowest BCUT2D eigenvalue weighted by atomic mass is 9.86. The molecule has 16 nitrogen and oxygen atoms in total. The second-order valence-corrected chi connectivity index (χ2v) is 22.4. The number of pyridine rings is 4. The van der Waals surface area contributed by atoms with E-state index in [0.717, 1.165) is 81.6 Å². The first-order valence-electron chi connectivity index (χ1n) is 27.7. The Morgan fingerprint density at radius 3 is 1.37 bits per heavy atom. The van der Waals surface area contributed by atoms with Crippen molar-refractivity contribution in [2.24, 2.45) is 17.6 Å². The van der Waals surface area contributed by atoms with E-state index < -0.39 is 36.0 Å². The summed E-state index contributed by atoms with van der Waals surface area (Å²) in [5, 5.41) is 9.28. The van der Waals surface area contributed by atoms with E-state index in [1.165, 1.54) is 29.9 Å². The topological polar surface area (TPSA) is 209 Å². The largest absolute Gasteiger partial charge is 0.480 e. The summed E-state index contributed by atoms with van der Waals surface area (Å²) in [6, 6.07) is 21.5. The van der Waals surface area contributed by atoms with Crippen LogP contribution >= 0.6 is 27.0 Å². The molecule has 0 bridgehead atoms. The minimum atomic E-state index is -0.957. The molecule has 0 fully saturated rings. The van der Waals surface area contributed by atoms with Crippen LogP contribution in [0.5, 0.6) is 0 Å². The van der Waals surface area contributed by atoms with Crippen molar-refractivity contribution in [3.05, 3.63) is 175 Å². The minimum Gasteiger partial charge on any atom is -0.480 e. The molecule has 2 unspecified atom stereocenters. The fourth-order valence-electron chi connectivity index (χ4n) is 9.73. The van der Waals surface area contributed by atoms with Gasteiger partial charge in [-0.2, -0.15) is 27.0 Å². The number of esters is 2. The first kappa shape index (κ1) is 72.4. The Hall–Kier alpha value is -6.70.